The predicted molar refractivity (Wildman–Crippen MR) is 203 cm³/mol. The molecule has 2 aromatic carbocycles. The topological polar surface area (TPSA) is 125 Å². The number of pyridine rings is 2. The van der Waals surface area contributed by atoms with E-state index in [1.807, 2.05) is 25.3 Å². The lowest BCUT2D eigenvalue weighted by Gasteiger charge is -2.13. The summed E-state index contributed by atoms with van der Waals surface area (Å²) in [7, 11) is 0. The van der Waals surface area contributed by atoms with Gasteiger partial charge in [0.2, 0.25) is 11.9 Å². The number of nitrogens with one attached hydrogen (secondary N) is 4. The Balaban J connectivity index is 1.04. The van der Waals surface area contributed by atoms with Crippen LogP contribution in [-0.4, -0.2) is 29.9 Å². The van der Waals surface area contributed by atoms with Crippen LogP contribution in [0.1, 0.15) is 55.3 Å². The van der Waals surface area contributed by atoms with E-state index in [4.69, 9.17) is 4.98 Å². The lowest BCUT2D eigenvalue weighted by molar-refractivity contribution is 0.647. The van der Waals surface area contributed by atoms with E-state index in [2.05, 4.69) is 122 Å². The van der Waals surface area contributed by atoms with Crippen molar-refractivity contribution in [1.29, 1.82) is 0 Å². The Labute approximate surface area is 294 Å². The highest BCUT2D eigenvalue weighted by Crippen LogP contribution is 2.24. The van der Waals surface area contributed by atoms with Gasteiger partial charge in [-0.05, 0) is 97.7 Å². The van der Waals surface area contributed by atoms with Gasteiger partial charge >= 0.3 is 0 Å². The molecule has 0 aliphatic carbocycles. The number of hydrogen-bond acceptors (Lipinski definition) is 10. The van der Waals surface area contributed by atoms with Gasteiger partial charge in [0, 0.05) is 46.5 Å². The number of rotatable bonds is 15. The molecule has 0 bridgehead atoms. The summed E-state index contributed by atoms with van der Waals surface area (Å²) in [5.41, 5.74) is 11.0. The van der Waals surface area contributed by atoms with Gasteiger partial charge in [0.25, 0.3) is 0 Å². The van der Waals surface area contributed by atoms with Crippen molar-refractivity contribution < 1.29 is 0 Å². The van der Waals surface area contributed by atoms with Gasteiger partial charge in [-0.3, -0.25) is 9.97 Å². The Morgan fingerprint density at radius 2 is 1.18 bits per heavy atom. The molecule has 4 heterocycles. The molecule has 0 saturated heterocycles. The van der Waals surface area contributed by atoms with Crippen molar-refractivity contribution in [2.24, 2.45) is 5.92 Å². The SMILES string of the molecule is CCCc1ccc(Nc2ncc(Nc3cc(C)nc(CCc4cnccc4Nc4cnc(Nc5ccc(CC(C)C)cc5)nc4)c3)cn2)cc1. The maximum absolute atomic E-state index is 4.80. The summed E-state index contributed by atoms with van der Waals surface area (Å²) >= 11 is 0. The first-order chi connectivity index (χ1) is 24.4. The zero-order valence-corrected chi connectivity index (χ0v) is 29.1. The molecule has 0 atom stereocenters. The van der Waals surface area contributed by atoms with E-state index < -0.39 is 0 Å². The van der Waals surface area contributed by atoms with Crippen LogP contribution in [0.2, 0.25) is 0 Å². The van der Waals surface area contributed by atoms with Crippen LogP contribution in [0.15, 0.2) is 104 Å². The predicted octanol–water partition coefficient (Wildman–Crippen LogP) is 9.28. The van der Waals surface area contributed by atoms with E-state index in [1.54, 1.807) is 31.0 Å². The van der Waals surface area contributed by atoms with Gasteiger partial charge in [0.1, 0.15) is 0 Å². The fourth-order valence-corrected chi connectivity index (χ4v) is 5.68. The fourth-order valence-electron chi connectivity index (χ4n) is 5.68. The third-order valence-electron chi connectivity index (χ3n) is 8.03. The van der Waals surface area contributed by atoms with Crippen molar-refractivity contribution in [3.8, 4) is 0 Å². The lowest BCUT2D eigenvalue weighted by atomic mass is 10.0. The molecular formula is C40H44N10. The molecule has 0 spiro atoms. The van der Waals surface area contributed by atoms with Crippen LogP contribution in [0.3, 0.4) is 0 Å². The summed E-state index contributed by atoms with van der Waals surface area (Å²) in [6.07, 6.45) is 15.6. The molecule has 4 N–H and O–H groups in total. The molecular weight excluding hydrogens is 621 g/mol. The molecule has 10 nitrogen and oxygen atoms in total. The van der Waals surface area contributed by atoms with E-state index in [1.165, 1.54) is 11.1 Å². The third-order valence-corrected chi connectivity index (χ3v) is 8.03. The molecule has 254 valence electrons. The summed E-state index contributed by atoms with van der Waals surface area (Å²) < 4.78 is 0. The van der Waals surface area contributed by atoms with Crippen LogP contribution >= 0.6 is 0 Å². The van der Waals surface area contributed by atoms with Gasteiger partial charge in [-0.25, -0.2) is 19.9 Å². The largest absolute Gasteiger partial charge is 0.353 e. The second-order valence-electron chi connectivity index (χ2n) is 12.9. The Hall–Kier alpha value is -5.90. The number of aromatic nitrogens is 6. The molecule has 50 heavy (non-hydrogen) atoms. The Kier molecular flexibility index (Phi) is 11.2. The second-order valence-corrected chi connectivity index (χ2v) is 12.9. The van der Waals surface area contributed by atoms with Crippen molar-refractivity contribution in [3.63, 3.8) is 0 Å². The van der Waals surface area contributed by atoms with E-state index in [9.17, 15) is 0 Å². The third kappa shape index (κ3) is 9.82. The first-order valence-electron chi connectivity index (χ1n) is 17.2. The highest BCUT2D eigenvalue weighted by atomic mass is 15.1. The summed E-state index contributed by atoms with van der Waals surface area (Å²) in [6, 6.07) is 22.9. The minimum atomic E-state index is 0.546. The molecule has 0 unspecified atom stereocenters. The standard InChI is InChI=1S/C40H44N10/c1-5-6-29-7-12-32(13-8-29)49-39-42-23-36(24-43-39)47-35-20-28(4)46-34(21-35)16-11-31-22-41-18-17-38(31)48-37-25-44-40(45-26-37)50-33-14-9-30(10-15-33)19-27(2)3/h7-10,12-15,17-18,20-27H,5-6,11,16,19H2,1-4H3,(H,41,48)(H,46,47)(H,42,43,49)(H,44,45,50). The molecule has 0 saturated carbocycles. The van der Waals surface area contributed by atoms with Gasteiger partial charge in [0.15, 0.2) is 0 Å². The first kappa shape index (κ1) is 34.0. The van der Waals surface area contributed by atoms with Gasteiger partial charge in [-0.2, -0.15) is 0 Å². The van der Waals surface area contributed by atoms with Crippen molar-refractivity contribution in [2.75, 3.05) is 21.3 Å². The molecule has 0 aliphatic heterocycles. The van der Waals surface area contributed by atoms with Crippen LogP contribution in [-0.2, 0) is 25.7 Å². The zero-order valence-electron chi connectivity index (χ0n) is 29.1. The van der Waals surface area contributed by atoms with Crippen LogP contribution in [0.25, 0.3) is 0 Å². The average Bonchev–Trinajstić information content (AvgIpc) is 3.11. The number of anilines is 8. The normalized spacial score (nSPS) is 11.0. The van der Waals surface area contributed by atoms with Crippen LogP contribution < -0.4 is 21.3 Å². The number of hydrogen-bond donors (Lipinski definition) is 4. The van der Waals surface area contributed by atoms with Crippen molar-refractivity contribution >= 4 is 46.0 Å². The average molecular weight is 665 g/mol. The fraction of sp³-hybridized carbons (Fsp3) is 0.250. The number of benzene rings is 2. The van der Waals surface area contributed by atoms with E-state index in [0.29, 0.717) is 17.8 Å². The lowest BCUT2D eigenvalue weighted by Crippen LogP contribution is -2.03. The second kappa shape index (κ2) is 16.5. The maximum Gasteiger partial charge on any atom is 0.227 e. The monoisotopic (exact) mass is 664 g/mol. The Bertz CT molecular complexity index is 1960. The first-order valence-corrected chi connectivity index (χ1v) is 17.2. The molecule has 0 radical (unpaired) electrons. The summed E-state index contributed by atoms with van der Waals surface area (Å²) in [4.78, 5) is 27.2. The quantitative estimate of drug-likeness (QED) is 0.0844. The van der Waals surface area contributed by atoms with Gasteiger partial charge in [-0.1, -0.05) is 51.5 Å². The van der Waals surface area contributed by atoms with Crippen LogP contribution in [0.5, 0.6) is 0 Å². The minimum absolute atomic E-state index is 0.546. The Morgan fingerprint density at radius 1 is 0.580 bits per heavy atom. The van der Waals surface area contributed by atoms with E-state index >= 15 is 0 Å². The zero-order chi connectivity index (χ0) is 34.7. The van der Waals surface area contributed by atoms with Crippen LogP contribution in [0, 0.1) is 12.8 Å². The van der Waals surface area contributed by atoms with Gasteiger partial charge in [0.05, 0.1) is 36.2 Å². The van der Waals surface area contributed by atoms with Gasteiger partial charge < -0.3 is 21.3 Å². The molecule has 10 heteroatoms. The molecule has 0 aliphatic rings. The van der Waals surface area contributed by atoms with Crippen molar-refractivity contribution in [3.05, 3.63) is 132 Å². The highest BCUT2D eigenvalue weighted by Gasteiger charge is 2.09. The van der Waals surface area contributed by atoms with Gasteiger partial charge in [-0.15, -0.1) is 0 Å². The highest BCUT2D eigenvalue weighted by molar-refractivity contribution is 5.63. The summed E-state index contributed by atoms with van der Waals surface area (Å²) in [5, 5.41) is 13.5. The van der Waals surface area contributed by atoms with Crippen molar-refractivity contribution in [1.82, 2.24) is 29.9 Å². The van der Waals surface area contributed by atoms with E-state index in [0.717, 1.165) is 83.2 Å². The molecule has 6 rings (SSSR count). The molecule has 4 aromatic heterocycles. The number of nitrogens with zero attached hydrogens (tertiary/aromatic N) is 6. The molecule has 6 aromatic rings. The summed E-state index contributed by atoms with van der Waals surface area (Å²) in [5.74, 6) is 1.72. The maximum atomic E-state index is 4.80. The number of aryl methyl sites for hydroxylation is 4. The molecule has 0 fully saturated rings. The minimum Gasteiger partial charge on any atom is -0.353 e. The Morgan fingerprint density at radius 3 is 1.78 bits per heavy atom. The van der Waals surface area contributed by atoms with E-state index in [-0.39, 0.29) is 0 Å². The summed E-state index contributed by atoms with van der Waals surface area (Å²) in [6.45, 7) is 8.64. The van der Waals surface area contributed by atoms with Crippen LogP contribution in [0.4, 0.5) is 46.0 Å². The smallest absolute Gasteiger partial charge is 0.227 e. The van der Waals surface area contributed by atoms with Crippen molar-refractivity contribution in [2.45, 2.75) is 59.8 Å². The molecule has 0 amide bonds.